The lowest BCUT2D eigenvalue weighted by Crippen LogP contribution is -2.22. The maximum atomic E-state index is 14.1. The molecule has 8 heteroatoms. The third-order valence-corrected chi connectivity index (χ3v) is 6.76. The second-order valence-electron chi connectivity index (χ2n) is 10.1. The average molecular weight is 561 g/mol. The summed E-state index contributed by atoms with van der Waals surface area (Å²) in [6, 6.07) is 24.3. The van der Waals surface area contributed by atoms with Gasteiger partial charge >= 0.3 is 5.97 Å². The van der Waals surface area contributed by atoms with Crippen LogP contribution in [0.5, 0.6) is 0 Å². The summed E-state index contributed by atoms with van der Waals surface area (Å²) in [5.74, 6) is -2.77. The van der Waals surface area contributed by atoms with E-state index in [0.29, 0.717) is 33.8 Å². The summed E-state index contributed by atoms with van der Waals surface area (Å²) in [5, 5.41) is 33.1. The zero-order valence-corrected chi connectivity index (χ0v) is 22.9. The normalized spacial score (nSPS) is 13.8. The Balaban J connectivity index is 1.88. The number of nitrogens with zero attached hydrogens (tertiary/aromatic N) is 1. The Morgan fingerprint density at radius 3 is 2.10 bits per heavy atom. The van der Waals surface area contributed by atoms with Crippen molar-refractivity contribution in [2.75, 3.05) is 5.32 Å². The monoisotopic (exact) mass is 560 g/mol. The van der Waals surface area contributed by atoms with Gasteiger partial charge in [-0.3, -0.25) is 9.59 Å². The topological polar surface area (TPSA) is 112 Å². The number of benzene rings is 3. The Morgan fingerprint density at radius 1 is 0.902 bits per heavy atom. The number of aliphatic carboxylic acids is 1. The lowest BCUT2D eigenvalue weighted by molar-refractivity contribution is -0.139. The van der Waals surface area contributed by atoms with Gasteiger partial charge in [-0.15, -0.1) is 0 Å². The number of aromatic nitrogens is 1. The number of hydrogen-bond donors (Lipinski definition) is 4. The predicted molar refractivity (Wildman–Crippen MR) is 157 cm³/mol. The number of aliphatic hydroxyl groups excluding tert-OH is 2. The molecule has 3 aromatic carbocycles. The second-order valence-corrected chi connectivity index (χ2v) is 10.1. The second kappa shape index (κ2) is 13.4. The van der Waals surface area contributed by atoms with Crippen molar-refractivity contribution in [2.24, 2.45) is 0 Å². The smallest absolute Gasteiger partial charge is 0.305 e. The Kier molecular flexibility index (Phi) is 8.79. The Hall–Kier alpha value is -4.27. The highest BCUT2D eigenvalue weighted by molar-refractivity contribution is 6.12. The molecule has 214 valence electrons. The van der Waals surface area contributed by atoms with Crippen LogP contribution in [0.2, 0.25) is 0 Å². The molecule has 4 aromatic rings. The van der Waals surface area contributed by atoms with Gasteiger partial charge in [0.05, 0.1) is 29.8 Å². The molecular formula is C33H35FN2O5. The number of amides is 1. The molecule has 0 bridgehead atoms. The molecule has 4 rings (SSSR count). The third-order valence-electron chi connectivity index (χ3n) is 6.76. The maximum absolute atomic E-state index is 14.1. The number of carbonyl (C=O) groups excluding carboxylic acids is 1. The number of hydrogen-bond acceptors (Lipinski definition) is 4. The number of carboxylic acid groups (broad SMARTS) is 1. The molecule has 2 atom stereocenters. The largest absolute Gasteiger partial charge is 0.481 e. The minimum absolute atomic E-state index is 0.0172. The number of anilines is 1. The minimum atomic E-state index is -2.93. The van der Waals surface area contributed by atoms with E-state index >= 15 is 0 Å². The quantitative estimate of drug-likeness (QED) is 0.162. The molecule has 0 radical (unpaired) electrons. The van der Waals surface area contributed by atoms with Crippen LogP contribution in [0.1, 0.15) is 57.8 Å². The lowest BCUT2D eigenvalue weighted by Gasteiger charge is -2.20. The van der Waals surface area contributed by atoms with Crippen molar-refractivity contribution in [1.29, 1.82) is 0 Å². The van der Waals surface area contributed by atoms with E-state index in [2.05, 4.69) is 5.32 Å². The van der Waals surface area contributed by atoms with Crippen LogP contribution in [-0.4, -0.2) is 44.0 Å². The number of aliphatic hydroxyl groups is 2. The Morgan fingerprint density at radius 2 is 1.51 bits per heavy atom. The van der Waals surface area contributed by atoms with Crippen LogP contribution in [0.3, 0.4) is 0 Å². The van der Waals surface area contributed by atoms with Crippen molar-refractivity contribution >= 4 is 17.6 Å². The molecule has 41 heavy (non-hydrogen) atoms. The van der Waals surface area contributed by atoms with Crippen molar-refractivity contribution < 1.29 is 32.0 Å². The zero-order valence-electron chi connectivity index (χ0n) is 24.9. The summed E-state index contributed by atoms with van der Waals surface area (Å²) < 4.78 is 31.2. The van der Waals surface area contributed by atoms with E-state index in [1.54, 1.807) is 24.3 Å². The first-order valence-corrected chi connectivity index (χ1v) is 13.5. The van der Waals surface area contributed by atoms with Gasteiger partial charge in [-0.2, -0.15) is 0 Å². The highest BCUT2D eigenvalue weighted by Gasteiger charge is 2.31. The summed E-state index contributed by atoms with van der Waals surface area (Å²) in [4.78, 5) is 25.3. The van der Waals surface area contributed by atoms with Crippen LogP contribution in [0.4, 0.5) is 10.1 Å². The highest BCUT2D eigenvalue weighted by atomic mass is 19.1. The first kappa shape index (κ1) is 26.9. The molecule has 0 aliphatic rings. The van der Waals surface area contributed by atoms with E-state index in [9.17, 15) is 24.2 Å². The van der Waals surface area contributed by atoms with Gasteiger partial charge in [0.15, 0.2) is 0 Å². The lowest BCUT2D eigenvalue weighted by atomic mass is 9.94. The van der Waals surface area contributed by atoms with Gasteiger partial charge in [-0.05, 0) is 66.3 Å². The molecule has 1 aromatic heterocycles. The van der Waals surface area contributed by atoms with Gasteiger partial charge in [0, 0.05) is 26.2 Å². The summed E-state index contributed by atoms with van der Waals surface area (Å²) in [7, 11) is 0. The maximum Gasteiger partial charge on any atom is 0.305 e. The van der Waals surface area contributed by atoms with Gasteiger partial charge in [0.25, 0.3) is 5.91 Å². The Labute approximate surface area is 241 Å². The predicted octanol–water partition coefficient (Wildman–Crippen LogP) is 6.31. The summed E-state index contributed by atoms with van der Waals surface area (Å²) in [6.07, 6.45) is -6.60. The molecule has 0 aliphatic heterocycles. The van der Waals surface area contributed by atoms with Gasteiger partial charge in [-0.1, -0.05) is 62.4 Å². The molecule has 0 fully saturated rings. The van der Waals surface area contributed by atoms with Crippen LogP contribution in [-0.2, 0) is 11.3 Å². The van der Waals surface area contributed by atoms with E-state index in [-0.39, 0.29) is 24.8 Å². The number of carbonyl (C=O) groups is 2. The number of halogens is 1. The van der Waals surface area contributed by atoms with Crippen LogP contribution < -0.4 is 5.32 Å². The first-order chi connectivity index (χ1) is 20.4. The number of nitrogens with one attached hydrogen (secondary N) is 1. The number of para-hydroxylation sites is 1. The fourth-order valence-electron chi connectivity index (χ4n) is 5.06. The molecule has 0 aliphatic carbocycles. The Bertz CT molecular complexity index is 1560. The molecule has 0 saturated carbocycles. The van der Waals surface area contributed by atoms with Gasteiger partial charge in [0.2, 0.25) is 0 Å². The summed E-state index contributed by atoms with van der Waals surface area (Å²) >= 11 is 0. The van der Waals surface area contributed by atoms with Crippen molar-refractivity contribution in [2.45, 2.75) is 57.7 Å². The fourth-order valence-corrected chi connectivity index (χ4v) is 5.06. The van der Waals surface area contributed by atoms with Gasteiger partial charge in [0.1, 0.15) is 5.82 Å². The fraction of sp³-hybridized carbons (Fsp3) is 0.273. The van der Waals surface area contributed by atoms with E-state index < -0.39 is 36.8 Å². The standard InChI is InChI=1S/C33H35FN2O5/c1-21(2)31-30(33(41)35-25-11-7-4-8-12-25)29(22-9-5-3-6-10-22)32(23-13-15-24(34)16-14-23)36(31)18-17-26(37)19-27(38)20-28(39)40/h3-16,21,26-27,37-38H,17-20H2,1-2H3,(H,35,41)(H,39,40)/t26-,27-/m1/s1/i20D2. The van der Waals surface area contributed by atoms with Gasteiger partial charge < -0.3 is 25.2 Å². The number of rotatable bonds is 12. The third kappa shape index (κ3) is 7.28. The van der Waals surface area contributed by atoms with Crippen molar-refractivity contribution in [1.82, 2.24) is 4.57 Å². The molecule has 1 heterocycles. The molecule has 0 saturated heterocycles. The summed E-state index contributed by atoms with van der Waals surface area (Å²) in [6.45, 7) is 4.02. The molecule has 4 N–H and O–H groups in total. The van der Waals surface area contributed by atoms with E-state index in [1.165, 1.54) is 12.1 Å². The van der Waals surface area contributed by atoms with Crippen LogP contribution in [0, 0.1) is 5.82 Å². The molecular weight excluding hydrogens is 523 g/mol. The van der Waals surface area contributed by atoms with Crippen LogP contribution in [0.25, 0.3) is 22.4 Å². The van der Waals surface area contributed by atoms with E-state index in [0.717, 1.165) is 5.56 Å². The van der Waals surface area contributed by atoms with Crippen molar-refractivity contribution in [3.05, 3.63) is 102 Å². The zero-order chi connectivity index (χ0) is 31.3. The number of carboxylic acids is 1. The molecule has 0 unspecified atom stereocenters. The van der Waals surface area contributed by atoms with Crippen LogP contribution in [0.15, 0.2) is 84.9 Å². The van der Waals surface area contributed by atoms with Crippen LogP contribution >= 0.6 is 0 Å². The van der Waals surface area contributed by atoms with Crippen molar-refractivity contribution in [3.8, 4) is 22.4 Å². The van der Waals surface area contributed by atoms with Gasteiger partial charge in [-0.25, -0.2) is 4.39 Å². The first-order valence-electron chi connectivity index (χ1n) is 14.5. The van der Waals surface area contributed by atoms with E-state index in [4.69, 9.17) is 7.85 Å². The molecule has 7 nitrogen and oxygen atoms in total. The highest BCUT2D eigenvalue weighted by Crippen LogP contribution is 2.42. The average Bonchev–Trinajstić information content (AvgIpc) is 3.33. The van der Waals surface area contributed by atoms with Crippen molar-refractivity contribution in [3.63, 3.8) is 0 Å². The molecule has 0 spiro atoms. The summed E-state index contributed by atoms with van der Waals surface area (Å²) in [5.41, 5.74) is 4.34. The molecule has 1 amide bonds. The van der Waals surface area contributed by atoms with E-state index in [1.807, 2.05) is 66.9 Å². The SMILES string of the molecule is [2H]C([2H])(C(=O)O)[C@H](O)C[C@H](O)CCn1c(-c2ccc(F)cc2)c(-c2ccccc2)c(C(=O)Nc2ccccc2)c1C(C)C. The minimum Gasteiger partial charge on any atom is -0.481 e.